The van der Waals surface area contributed by atoms with Gasteiger partial charge in [-0.25, -0.2) is 0 Å². The van der Waals surface area contributed by atoms with Gasteiger partial charge in [0, 0.05) is 18.2 Å². The summed E-state index contributed by atoms with van der Waals surface area (Å²) in [4.78, 5) is 11.6. The van der Waals surface area contributed by atoms with Gasteiger partial charge < -0.3 is 5.32 Å². The molecule has 0 aliphatic carbocycles. The highest BCUT2D eigenvalue weighted by Gasteiger charge is 2.09. The van der Waals surface area contributed by atoms with Crippen LogP contribution in [-0.2, 0) is 4.79 Å². The molecular weight excluding hydrogens is 282 g/mol. The molecule has 0 aliphatic heterocycles. The highest BCUT2D eigenvalue weighted by molar-refractivity contribution is 5.95. The summed E-state index contributed by atoms with van der Waals surface area (Å²) in [6.07, 6.45) is 0. The van der Waals surface area contributed by atoms with E-state index in [1.165, 1.54) is 12.5 Å². The Hall–Kier alpha value is -2.87. The molecular formula is C21H19NO. The average molecular weight is 301 g/mol. The van der Waals surface area contributed by atoms with Crippen LogP contribution in [0, 0.1) is 6.92 Å². The van der Waals surface area contributed by atoms with Crippen molar-refractivity contribution >= 4 is 11.6 Å². The zero-order chi connectivity index (χ0) is 16.2. The third-order valence-electron chi connectivity index (χ3n) is 3.80. The molecule has 3 aromatic rings. The predicted molar refractivity (Wildman–Crippen MR) is 96.4 cm³/mol. The van der Waals surface area contributed by atoms with E-state index in [4.69, 9.17) is 0 Å². The van der Waals surface area contributed by atoms with E-state index in [1.54, 1.807) is 0 Å². The highest BCUT2D eigenvalue weighted by atomic mass is 16.1. The molecule has 0 fully saturated rings. The highest BCUT2D eigenvalue weighted by Crippen LogP contribution is 2.32. The van der Waals surface area contributed by atoms with E-state index in [0.29, 0.717) is 0 Å². The van der Waals surface area contributed by atoms with Crippen LogP contribution < -0.4 is 5.32 Å². The van der Waals surface area contributed by atoms with Gasteiger partial charge in [0.2, 0.25) is 5.91 Å². The number of rotatable bonds is 3. The Balaban J connectivity index is 2.09. The van der Waals surface area contributed by atoms with Gasteiger partial charge in [-0.05, 0) is 29.7 Å². The average Bonchev–Trinajstić information content (AvgIpc) is 2.56. The number of amides is 1. The Kier molecular flexibility index (Phi) is 4.24. The van der Waals surface area contributed by atoms with Gasteiger partial charge in [-0.3, -0.25) is 4.79 Å². The largest absolute Gasteiger partial charge is 0.326 e. The summed E-state index contributed by atoms with van der Waals surface area (Å²) >= 11 is 0. The van der Waals surface area contributed by atoms with Crippen molar-refractivity contribution in [2.45, 2.75) is 13.8 Å². The van der Waals surface area contributed by atoms with E-state index in [1.807, 2.05) is 24.3 Å². The van der Waals surface area contributed by atoms with E-state index < -0.39 is 0 Å². The van der Waals surface area contributed by atoms with Crippen LogP contribution in [0.25, 0.3) is 22.3 Å². The Bertz CT molecular complexity index is 820. The van der Waals surface area contributed by atoms with Gasteiger partial charge in [0.15, 0.2) is 0 Å². The van der Waals surface area contributed by atoms with Gasteiger partial charge in [-0.2, -0.15) is 0 Å². The summed E-state index contributed by atoms with van der Waals surface area (Å²) in [5, 5.41) is 2.96. The molecule has 0 saturated carbocycles. The van der Waals surface area contributed by atoms with Crippen LogP contribution in [0.4, 0.5) is 5.69 Å². The molecule has 3 rings (SSSR count). The van der Waals surface area contributed by atoms with E-state index >= 15 is 0 Å². The summed E-state index contributed by atoms with van der Waals surface area (Å²) in [5.41, 5.74) is 6.40. The fourth-order valence-electron chi connectivity index (χ4n) is 2.63. The first-order valence-corrected chi connectivity index (χ1v) is 7.67. The second-order valence-electron chi connectivity index (χ2n) is 5.67. The van der Waals surface area contributed by atoms with E-state index in [9.17, 15) is 4.79 Å². The molecule has 3 aromatic carbocycles. The minimum absolute atomic E-state index is 0.0661. The number of carbonyl (C=O) groups is 1. The first-order valence-electron chi connectivity index (χ1n) is 7.67. The van der Waals surface area contributed by atoms with Crippen LogP contribution >= 0.6 is 0 Å². The monoisotopic (exact) mass is 301 g/mol. The minimum Gasteiger partial charge on any atom is -0.326 e. The van der Waals surface area contributed by atoms with Crippen molar-refractivity contribution in [2.24, 2.45) is 0 Å². The van der Waals surface area contributed by atoms with Crippen LogP contribution in [0.2, 0.25) is 0 Å². The van der Waals surface area contributed by atoms with Gasteiger partial charge in [0.05, 0.1) is 0 Å². The molecule has 0 spiro atoms. The molecule has 0 aromatic heterocycles. The van der Waals surface area contributed by atoms with Crippen molar-refractivity contribution in [1.29, 1.82) is 0 Å². The maximum absolute atomic E-state index is 11.6. The number of hydrogen-bond donors (Lipinski definition) is 1. The van der Waals surface area contributed by atoms with Crippen molar-refractivity contribution in [2.75, 3.05) is 5.32 Å². The molecule has 0 heterocycles. The number of anilines is 1. The van der Waals surface area contributed by atoms with Crippen LogP contribution in [0.5, 0.6) is 0 Å². The molecule has 2 heteroatoms. The van der Waals surface area contributed by atoms with Crippen LogP contribution in [0.3, 0.4) is 0 Å². The quantitative estimate of drug-likeness (QED) is 0.700. The lowest BCUT2D eigenvalue weighted by Gasteiger charge is -2.13. The topological polar surface area (TPSA) is 29.1 Å². The molecule has 1 amide bonds. The maximum Gasteiger partial charge on any atom is 0.221 e. The summed E-state index contributed by atoms with van der Waals surface area (Å²) in [6.45, 7) is 3.60. The Morgan fingerprint density at radius 3 is 2.09 bits per heavy atom. The molecule has 0 aliphatic rings. The van der Waals surface area contributed by atoms with Crippen LogP contribution in [-0.4, -0.2) is 5.91 Å². The SMILES string of the molecule is CC(=O)Nc1cc(-c2ccccc2)ccc1-c1ccc(C)cc1. The Morgan fingerprint density at radius 1 is 0.783 bits per heavy atom. The molecule has 2 nitrogen and oxygen atoms in total. The van der Waals surface area contributed by atoms with Gasteiger partial charge >= 0.3 is 0 Å². The van der Waals surface area contributed by atoms with Gasteiger partial charge in [-0.15, -0.1) is 0 Å². The van der Waals surface area contributed by atoms with Crippen molar-refractivity contribution in [3.8, 4) is 22.3 Å². The van der Waals surface area contributed by atoms with Crippen LogP contribution in [0.1, 0.15) is 12.5 Å². The van der Waals surface area contributed by atoms with Gasteiger partial charge in [-0.1, -0.05) is 72.3 Å². The third kappa shape index (κ3) is 3.49. The molecule has 114 valence electrons. The summed E-state index contributed by atoms with van der Waals surface area (Å²) < 4.78 is 0. The summed E-state index contributed by atoms with van der Waals surface area (Å²) in [5.74, 6) is -0.0661. The Morgan fingerprint density at radius 2 is 1.43 bits per heavy atom. The normalized spacial score (nSPS) is 10.3. The lowest BCUT2D eigenvalue weighted by atomic mass is 9.97. The van der Waals surface area contributed by atoms with Gasteiger partial charge in [0.1, 0.15) is 0 Å². The van der Waals surface area contributed by atoms with Crippen LogP contribution in [0.15, 0.2) is 72.8 Å². The number of nitrogens with one attached hydrogen (secondary N) is 1. The second-order valence-corrected chi connectivity index (χ2v) is 5.67. The first kappa shape index (κ1) is 15.0. The van der Waals surface area contributed by atoms with Gasteiger partial charge in [0.25, 0.3) is 0 Å². The van der Waals surface area contributed by atoms with Crippen molar-refractivity contribution in [3.05, 3.63) is 78.4 Å². The van der Waals surface area contributed by atoms with Crippen molar-refractivity contribution < 1.29 is 4.79 Å². The molecule has 0 radical (unpaired) electrons. The number of aryl methyl sites for hydroxylation is 1. The molecule has 0 atom stereocenters. The zero-order valence-corrected chi connectivity index (χ0v) is 13.3. The molecule has 0 saturated heterocycles. The summed E-state index contributed by atoms with van der Waals surface area (Å²) in [6, 6.07) is 24.7. The lowest BCUT2D eigenvalue weighted by Crippen LogP contribution is -2.07. The molecule has 23 heavy (non-hydrogen) atoms. The molecule has 0 unspecified atom stereocenters. The summed E-state index contributed by atoms with van der Waals surface area (Å²) in [7, 11) is 0. The van der Waals surface area contributed by atoms with E-state index in [2.05, 4.69) is 60.8 Å². The first-order chi connectivity index (χ1) is 11.1. The lowest BCUT2D eigenvalue weighted by molar-refractivity contribution is -0.114. The smallest absolute Gasteiger partial charge is 0.221 e. The predicted octanol–water partition coefficient (Wildman–Crippen LogP) is 5.29. The number of carbonyl (C=O) groups excluding carboxylic acids is 1. The van der Waals surface area contributed by atoms with E-state index in [-0.39, 0.29) is 5.91 Å². The zero-order valence-electron chi connectivity index (χ0n) is 13.3. The fourth-order valence-corrected chi connectivity index (χ4v) is 2.63. The molecule has 0 bridgehead atoms. The molecule has 1 N–H and O–H groups in total. The standard InChI is InChI=1S/C21H19NO/c1-15-8-10-18(11-9-15)20-13-12-19(14-21(20)22-16(2)23)17-6-4-3-5-7-17/h3-14H,1-2H3,(H,22,23). The minimum atomic E-state index is -0.0661. The van der Waals surface area contributed by atoms with Crippen molar-refractivity contribution in [1.82, 2.24) is 0 Å². The number of benzene rings is 3. The van der Waals surface area contributed by atoms with E-state index in [0.717, 1.165) is 27.9 Å². The maximum atomic E-state index is 11.6. The number of hydrogen-bond acceptors (Lipinski definition) is 1. The fraction of sp³-hybridized carbons (Fsp3) is 0.0952. The van der Waals surface area contributed by atoms with Crippen molar-refractivity contribution in [3.63, 3.8) is 0 Å². The Labute approximate surface area is 136 Å². The second kappa shape index (κ2) is 6.49. The third-order valence-corrected chi connectivity index (χ3v) is 3.80.